The molecule has 0 bridgehead atoms. The maximum Gasteiger partial charge on any atom is 0.326 e. The van der Waals surface area contributed by atoms with E-state index in [0.717, 1.165) is 11.3 Å². The molecule has 6 nitrogen and oxygen atoms in total. The minimum atomic E-state index is -1.07. The lowest BCUT2D eigenvalue weighted by molar-refractivity contribution is -0.154. The number of carbonyl (C=O) groups is 2. The van der Waals surface area contributed by atoms with E-state index in [1.807, 2.05) is 24.3 Å². The van der Waals surface area contributed by atoms with Crippen LogP contribution in [0.2, 0.25) is 0 Å². The highest BCUT2D eigenvalue weighted by Gasteiger charge is 2.35. The molecule has 0 unspecified atom stereocenters. The summed E-state index contributed by atoms with van der Waals surface area (Å²) in [6.07, 6.45) is 0.577. The first-order valence-electron chi connectivity index (χ1n) is 7.35. The number of aliphatic carboxylic acids is 1. The van der Waals surface area contributed by atoms with Gasteiger partial charge in [0, 0.05) is 19.4 Å². The summed E-state index contributed by atoms with van der Waals surface area (Å²) in [5.74, 6) is -0.547. The van der Waals surface area contributed by atoms with E-state index in [4.69, 9.17) is 4.74 Å². The molecule has 1 aliphatic rings. The topological polar surface area (TPSA) is 87.1 Å². The van der Waals surface area contributed by atoms with Crippen LogP contribution in [-0.4, -0.2) is 52.8 Å². The van der Waals surface area contributed by atoms with E-state index in [0.29, 0.717) is 12.8 Å². The van der Waals surface area contributed by atoms with Gasteiger partial charge >= 0.3 is 5.97 Å². The summed E-state index contributed by atoms with van der Waals surface area (Å²) in [7, 11) is 1.58. The highest BCUT2D eigenvalue weighted by atomic mass is 16.5. The van der Waals surface area contributed by atoms with Crippen LogP contribution in [-0.2, 0) is 16.0 Å². The van der Waals surface area contributed by atoms with E-state index in [1.165, 1.54) is 4.90 Å². The number of piperidine rings is 1. The zero-order valence-corrected chi connectivity index (χ0v) is 12.6. The number of para-hydroxylation sites is 1. The molecule has 0 aromatic heterocycles. The molecule has 6 heteroatoms. The quantitative estimate of drug-likeness (QED) is 0.849. The summed E-state index contributed by atoms with van der Waals surface area (Å²) in [4.78, 5) is 25.0. The fourth-order valence-corrected chi connectivity index (χ4v) is 2.77. The number of aryl methyl sites for hydroxylation is 1. The molecule has 1 aromatic rings. The summed E-state index contributed by atoms with van der Waals surface area (Å²) in [5.41, 5.74) is 0.919. The first kappa shape index (κ1) is 16.3. The number of nitrogens with zero attached hydrogens (tertiary/aromatic N) is 1. The molecule has 22 heavy (non-hydrogen) atoms. The number of benzene rings is 1. The van der Waals surface area contributed by atoms with E-state index in [9.17, 15) is 19.8 Å². The van der Waals surface area contributed by atoms with Crippen LogP contribution in [0.25, 0.3) is 0 Å². The zero-order valence-electron chi connectivity index (χ0n) is 12.6. The Kier molecular flexibility index (Phi) is 5.38. The predicted octanol–water partition coefficient (Wildman–Crippen LogP) is 1.06. The van der Waals surface area contributed by atoms with Gasteiger partial charge in [0.15, 0.2) is 0 Å². The second-order valence-electron chi connectivity index (χ2n) is 5.43. The van der Waals surface area contributed by atoms with Crippen LogP contribution < -0.4 is 4.74 Å². The molecule has 2 N–H and O–H groups in total. The number of amides is 1. The molecule has 1 saturated heterocycles. The normalized spacial score (nSPS) is 21.5. The van der Waals surface area contributed by atoms with Gasteiger partial charge in [0.05, 0.1) is 13.2 Å². The molecule has 1 fully saturated rings. The zero-order chi connectivity index (χ0) is 16.1. The Hall–Kier alpha value is -2.08. The molecule has 2 rings (SSSR count). The molecule has 0 saturated carbocycles. The third kappa shape index (κ3) is 3.76. The van der Waals surface area contributed by atoms with Crippen LogP contribution in [0.1, 0.15) is 24.8 Å². The average Bonchev–Trinajstić information content (AvgIpc) is 2.52. The van der Waals surface area contributed by atoms with Gasteiger partial charge in [0.25, 0.3) is 0 Å². The summed E-state index contributed by atoms with van der Waals surface area (Å²) >= 11 is 0. The Balaban J connectivity index is 2.00. The highest BCUT2D eigenvalue weighted by molar-refractivity contribution is 5.84. The van der Waals surface area contributed by atoms with Crippen molar-refractivity contribution in [1.82, 2.24) is 4.90 Å². The molecule has 0 radical (unpaired) electrons. The van der Waals surface area contributed by atoms with E-state index >= 15 is 0 Å². The Morgan fingerprint density at radius 3 is 2.77 bits per heavy atom. The van der Waals surface area contributed by atoms with Crippen molar-refractivity contribution in [3.63, 3.8) is 0 Å². The van der Waals surface area contributed by atoms with Crippen LogP contribution in [0, 0.1) is 0 Å². The average molecular weight is 307 g/mol. The lowest BCUT2D eigenvalue weighted by Crippen LogP contribution is -2.51. The summed E-state index contributed by atoms with van der Waals surface area (Å²) in [6.45, 7) is 0.281. The van der Waals surface area contributed by atoms with Gasteiger partial charge in [-0.1, -0.05) is 18.2 Å². The van der Waals surface area contributed by atoms with Crippen LogP contribution in [0.4, 0.5) is 0 Å². The number of ether oxygens (including phenoxy) is 1. The van der Waals surface area contributed by atoms with Gasteiger partial charge in [-0.25, -0.2) is 4.79 Å². The van der Waals surface area contributed by atoms with Gasteiger partial charge in [0.2, 0.25) is 5.91 Å². The SMILES string of the molecule is COc1ccccc1CCC(=O)N1CC[C@H](O)C[C@@H]1C(=O)O. The molecular weight excluding hydrogens is 286 g/mol. The first-order chi connectivity index (χ1) is 10.5. The molecule has 120 valence electrons. The fourth-order valence-electron chi connectivity index (χ4n) is 2.77. The van der Waals surface area contributed by atoms with Crippen molar-refractivity contribution in [2.45, 2.75) is 37.8 Å². The molecule has 0 aliphatic carbocycles. The number of carboxylic acids is 1. The molecule has 1 aromatic carbocycles. The Morgan fingerprint density at radius 1 is 1.36 bits per heavy atom. The molecule has 1 heterocycles. The van der Waals surface area contributed by atoms with Gasteiger partial charge < -0.3 is 19.8 Å². The Labute approximate surface area is 129 Å². The molecule has 0 spiro atoms. The maximum atomic E-state index is 12.3. The number of rotatable bonds is 5. The number of hydrogen-bond donors (Lipinski definition) is 2. The fraction of sp³-hybridized carbons (Fsp3) is 0.500. The Morgan fingerprint density at radius 2 is 2.09 bits per heavy atom. The van der Waals surface area contributed by atoms with Crippen molar-refractivity contribution in [2.24, 2.45) is 0 Å². The van der Waals surface area contributed by atoms with Gasteiger partial charge in [0.1, 0.15) is 11.8 Å². The number of likely N-dealkylation sites (tertiary alicyclic amines) is 1. The van der Waals surface area contributed by atoms with E-state index in [2.05, 4.69) is 0 Å². The number of aliphatic hydroxyl groups excluding tert-OH is 1. The third-order valence-electron chi connectivity index (χ3n) is 3.98. The van der Waals surface area contributed by atoms with Gasteiger partial charge in [-0.15, -0.1) is 0 Å². The van der Waals surface area contributed by atoms with E-state index in [-0.39, 0.29) is 25.3 Å². The highest BCUT2D eigenvalue weighted by Crippen LogP contribution is 2.22. The molecule has 2 atom stereocenters. The second-order valence-corrected chi connectivity index (χ2v) is 5.43. The second kappa shape index (κ2) is 7.26. The number of hydrogen-bond acceptors (Lipinski definition) is 4. The molecular formula is C16H21NO5. The number of carbonyl (C=O) groups excluding carboxylic acids is 1. The first-order valence-corrected chi connectivity index (χ1v) is 7.35. The van der Waals surface area contributed by atoms with Crippen LogP contribution in [0.3, 0.4) is 0 Å². The van der Waals surface area contributed by atoms with Gasteiger partial charge in [-0.2, -0.15) is 0 Å². The largest absolute Gasteiger partial charge is 0.496 e. The van der Waals surface area contributed by atoms with Crippen molar-refractivity contribution >= 4 is 11.9 Å². The van der Waals surface area contributed by atoms with Crippen LogP contribution in [0.15, 0.2) is 24.3 Å². The minimum Gasteiger partial charge on any atom is -0.496 e. The van der Waals surface area contributed by atoms with Crippen molar-refractivity contribution in [1.29, 1.82) is 0 Å². The lowest BCUT2D eigenvalue weighted by atomic mass is 9.98. The summed E-state index contributed by atoms with van der Waals surface area (Å²) in [6, 6.07) is 6.52. The maximum absolute atomic E-state index is 12.3. The molecule has 1 amide bonds. The monoisotopic (exact) mass is 307 g/mol. The van der Waals surface area contributed by atoms with E-state index in [1.54, 1.807) is 7.11 Å². The molecule has 1 aliphatic heterocycles. The summed E-state index contributed by atoms with van der Waals surface area (Å²) < 4.78 is 5.24. The van der Waals surface area contributed by atoms with Crippen molar-refractivity contribution in [3.05, 3.63) is 29.8 Å². The van der Waals surface area contributed by atoms with Gasteiger partial charge in [-0.05, 0) is 24.5 Å². The van der Waals surface area contributed by atoms with Crippen LogP contribution in [0.5, 0.6) is 5.75 Å². The smallest absolute Gasteiger partial charge is 0.326 e. The standard InChI is InChI=1S/C16H21NO5/c1-22-14-5-3-2-4-11(14)6-7-15(19)17-9-8-12(18)10-13(17)16(20)21/h2-5,12-13,18H,6-10H2,1H3,(H,20,21)/t12-,13+/m0/s1. The van der Waals surface area contributed by atoms with Crippen LogP contribution >= 0.6 is 0 Å². The van der Waals surface area contributed by atoms with E-state index < -0.39 is 18.1 Å². The minimum absolute atomic E-state index is 0.0930. The number of methoxy groups -OCH3 is 1. The van der Waals surface area contributed by atoms with Gasteiger partial charge in [-0.3, -0.25) is 4.79 Å². The van der Waals surface area contributed by atoms with Crippen molar-refractivity contribution in [2.75, 3.05) is 13.7 Å². The number of carboxylic acid groups (broad SMARTS) is 1. The third-order valence-corrected chi connectivity index (χ3v) is 3.98. The summed E-state index contributed by atoms with van der Waals surface area (Å²) in [5, 5.41) is 18.8. The lowest BCUT2D eigenvalue weighted by Gasteiger charge is -2.35. The van der Waals surface area contributed by atoms with Crippen molar-refractivity contribution in [3.8, 4) is 5.75 Å². The predicted molar refractivity (Wildman–Crippen MR) is 79.7 cm³/mol. The Bertz CT molecular complexity index is 545. The number of aliphatic hydroxyl groups is 1. The van der Waals surface area contributed by atoms with Crippen molar-refractivity contribution < 1.29 is 24.5 Å².